The van der Waals surface area contributed by atoms with Gasteiger partial charge in [0.15, 0.2) is 5.88 Å². The van der Waals surface area contributed by atoms with Crippen LogP contribution in [-0.2, 0) is 19.4 Å². The molecule has 0 aliphatic carbocycles. The molecule has 3 nitrogen and oxygen atoms in total. The summed E-state index contributed by atoms with van der Waals surface area (Å²) >= 11 is 0. The zero-order valence-corrected chi connectivity index (χ0v) is 11.4. The van der Waals surface area contributed by atoms with E-state index in [1.165, 1.54) is 4.57 Å². The van der Waals surface area contributed by atoms with Crippen LogP contribution in [0.3, 0.4) is 0 Å². The molecule has 1 N–H and O–H groups in total. The van der Waals surface area contributed by atoms with Crippen LogP contribution in [0.25, 0.3) is 0 Å². The Morgan fingerprint density at radius 1 is 1.21 bits per heavy atom. The monoisotopic (exact) mass is 257 g/mol. The Labute approximate surface area is 113 Å². The highest BCUT2D eigenvalue weighted by Gasteiger charge is 2.10. The predicted molar refractivity (Wildman–Crippen MR) is 76.6 cm³/mol. The van der Waals surface area contributed by atoms with Gasteiger partial charge in [-0.1, -0.05) is 37.3 Å². The maximum absolute atomic E-state index is 12.3. The summed E-state index contributed by atoms with van der Waals surface area (Å²) in [6.07, 6.45) is 1.43. The van der Waals surface area contributed by atoms with Gasteiger partial charge in [-0.2, -0.15) is 0 Å². The second kappa shape index (κ2) is 5.74. The molecule has 19 heavy (non-hydrogen) atoms. The maximum Gasteiger partial charge on any atom is 0.256 e. The van der Waals surface area contributed by atoms with E-state index in [0.717, 1.165) is 23.1 Å². The van der Waals surface area contributed by atoms with E-state index >= 15 is 0 Å². The number of rotatable bonds is 4. The lowest BCUT2D eigenvalue weighted by molar-refractivity contribution is 0.404. The Hall–Kier alpha value is -2.03. The zero-order valence-electron chi connectivity index (χ0n) is 11.4. The highest BCUT2D eigenvalue weighted by Crippen LogP contribution is 2.13. The summed E-state index contributed by atoms with van der Waals surface area (Å²) in [6.45, 7) is 4.33. The third-order valence-corrected chi connectivity index (χ3v) is 3.42. The van der Waals surface area contributed by atoms with Crippen LogP contribution in [0, 0.1) is 6.92 Å². The molecule has 0 spiro atoms. The van der Waals surface area contributed by atoms with Gasteiger partial charge in [0.2, 0.25) is 0 Å². The zero-order chi connectivity index (χ0) is 13.8. The van der Waals surface area contributed by atoms with Crippen LogP contribution in [0.5, 0.6) is 5.88 Å². The highest BCUT2D eigenvalue weighted by atomic mass is 16.3. The number of hydrogen-bond donors (Lipinski definition) is 1. The average molecular weight is 257 g/mol. The molecule has 0 fully saturated rings. The van der Waals surface area contributed by atoms with Crippen molar-refractivity contribution >= 4 is 0 Å². The van der Waals surface area contributed by atoms with Crippen molar-refractivity contribution in [3.8, 4) is 5.88 Å². The Balaban J connectivity index is 2.28. The molecule has 0 atom stereocenters. The summed E-state index contributed by atoms with van der Waals surface area (Å²) < 4.78 is 1.46. The maximum atomic E-state index is 12.3. The van der Waals surface area contributed by atoms with E-state index in [0.29, 0.717) is 13.0 Å². The molecule has 0 aliphatic heterocycles. The molecule has 0 unspecified atom stereocenters. The van der Waals surface area contributed by atoms with Crippen molar-refractivity contribution in [2.75, 3.05) is 0 Å². The molecule has 0 saturated carbocycles. The van der Waals surface area contributed by atoms with Gasteiger partial charge in [0, 0.05) is 18.2 Å². The van der Waals surface area contributed by atoms with Crippen molar-refractivity contribution in [1.29, 1.82) is 0 Å². The smallest absolute Gasteiger partial charge is 0.256 e. The minimum absolute atomic E-state index is 0.0515. The molecular formula is C16H19NO2. The predicted octanol–water partition coefficient (Wildman–Crippen LogP) is 2.67. The molecule has 0 radical (unpaired) electrons. The number of nitrogens with zero attached hydrogens (tertiary/aromatic N) is 1. The molecular weight excluding hydrogens is 238 g/mol. The molecule has 0 aliphatic rings. The van der Waals surface area contributed by atoms with Crippen LogP contribution >= 0.6 is 0 Å². The van der Waals surface area contributed by atoms with Crippen LogP contribution in [-0.4, -0.2) is 9.67 Å². The first-order valence-corrected chi connectivity index (χ1v) is 6.59. The second-order valence-electron chi connectivity index (χ2n) is 4.71. The first-order chi connectivity index (χ1) is 9.13. The molecule has 1 aromatic carbocycles. The topological polar surface area (TPSA) is 42.2 Å². The van der Waals surface area contributed by atoms with Crippen LogP contribution in [0.4, 0.5) is 0 Å². The lowest BCUT2D eigenvalue weighted by atomic mass is 10.1. The number of benzene rings is 1. The van der Waals surface area contributed by atoms with Crippen molar-refractivity contribution in [3.05, 3.63) is 63.4 Å². The number of pyridine rings is 1. The molecule has 100 valence electrons. The van der Waals surface area contributed by atoms with Gasteiger partial charge in [0.25, 0.3) is 5.56 Å². The number of aromatic nitrogens is 1. The van der Waals surface area contributed by atoms with Crippen LogP contribution in [0.2, 0.25) is 0 Å². The van der Waals surface area contributed by atoms with E-state index in [-0.39, 0.29) is 11.4 Å². The molecule has 0 amide bonds. The molecule has 1 aromatic heterocycles. The van der Waals surface area contributed by atoms with E-state index in [1.54, 1.807) is 6.07 Å². The Bertz CT molecular complexity index is 615. The molecule has 2 rings (SSSR count). The van der Waals surface area contributed by atoms with Crippen LogP contribution < -0.4 is 5.56 Å². The van der Waals surface area contributed by atoms with E-state index in [1.807, 2.05) is 44.2 Å². The Morgan fingerprint density at radius 2 is 1.89 bits per heavy atom. The molecule has 0 bridgehead atoms. The largest absolute Gasteiger partial charge is 0.494 e. The van der Waals surface area contributed by atoms with Crippen LogP contribution in [0.15, 0.2) is 41.2 Å². The summed E-state index contributed by atoms with van der Waals surface area (Å²) in [7, 11) is 0. The SMILES string of the molecule is CCc1c(C)cc(O)n(CCc2ccccc2)c1=O. The van der Waals surface area contributed by atoms with E-state index in [2.05, 4.69) is 0 Å². The summed E-state index contributed by atoms with van der Waals surface area (Å²) in [6, 6.07) is 11.6. The van der Waals surface area contributed by atoms with Gasteiger partial charge in [-0.15, -0.1) is 0 Å². The van der Waals surface area contributed by atoms with E-state index < -0.39 is 0 Å². The first-order valence-electron chi connectivity index (χ1n) is 6.59. The average Bonchev–Trinajstić information content (AvgIpc) is 2.39. The summed E-state index contributed by atoms with van der Waals surface area (Å²) in [5, 5.41) is 9.93. The quantitative estimate of drug-likeness (QED) is 0.915. The second-order valence-corrected chi connectivity index (χ2v) is 4.71. The van der Waals surface area contributed by atoms with Gasteiger partial charge in [-0.05, 0) is 30.9 Å². The van der Waals surface area contributed by atoms with E-state index in [4.69, 9.17) is 0 Å². The molecule has 0 saturated heterocycles. The van der Waals surface area contributed by atoms with Gasteiger partial charge < -0.3 is 5.11 Å². The van der Waals surface area contributed by atoms with Crippen molar-refractivity contribution in [1.82, 2.24) is 4.57 Å². The van der Waals surface area contributed by atoms with Gasteiger partial charge in [-0.3, -0.25) is 9.36 Å². The molecule has 1 heterocycles. The standard InChI is InChI=1S/C16H19NO2/c1-3-14-12(2)11-15(18)17(16(14)19)10-9-13-7-5-4-6-8-13/h4-8,11,18H,3,9-10H2,1-2H3. The van der Waals surface area contributed by atoms with Crippen molar-refractivity contribution < 1.29 is 5.11 Å². The fraction of sp³-hybridized carbons (Fsp3) is 0.312. The summed E-state index contributed by atoms with van der Waals surface area (Å²) in [4.78, 5) is 12.3. The molecule has 2 aromatic rings. The van der Waals surface area contributed by atoms with Crippen molar-refractivity contribution in [3.63, 3.8) is 0 Å². The molecule has 3 heteroatoms. The minimum Gasteiger partial charge on any atom is -0.494 e. The first kappa shape index (κ1) is 13.4. The van der Waals surface area contributed by atoms with Gasteiger partial charge >= 0.3 is 0 Å². The lowest BCUT2D eigenvalue weighted by Gasteiger charge is -2.12. The normalized spacial score (nSPS) is 10.6. The fourth-order valence-corrected chi connectivity index (χ4v) is 2.33. The lowest BCUT2D eigenvalue weighted by Crippen LogP contribution is -2.25. The van der Waals surface area contributed by atoms with Crippen molar-refractivity contribution in [2.45, 2.75) is 33.2 Å². The highest BCUT2D eigenvalue weighted by molar-refractivity contribution is 5.29. The summed E-state index contributed by atoms with van der Waals surface area (Å²) in [5.74, 6) is 0.0515. The van der Waals surface area contributed by atoms with Gasteiger partial charge in [0.05, 0.1) is 0 Å². The van der Waals surface area contributed by atoms with Crippen LogP contribution in [0.1, 0.15) is 23.6 Å². The van der Waals surface area contributed by atoms with Crippen molar-refractivity contribution in [2.24, 2.45) is 0 Å². The third kappa shape index (κ3) is 2.87. The Morgan fingerprint density at radius 3 is 2.53 bits per heavy atom. The summed E-state index contributed by atoms with van der Waals surface area (Å²) in [5.41, 5.74) is 2.73. The number of aromatic hydroxyl groups is 1. The van der Waals surface area contributed by atoms with E-state index in [9.17, 15) is 9.90 Å². The van der Waals surface area contributed by atoms with Gasteiger partial charge in [-0.25, -0.2) is 0 Å². The number of aryl methyl sites for hydroxylation is 2. The minimum atomic E-state index is -0.0732. The Kier molecular flexibility index (Phi) is 4.05. The van der Waals surface area contributed by atoms with Gasteiger partial charge in [0.1, 0.15) is 0 Å². The number of hydrogen-bond acceptors (Lipinski definition) is 2. The fourth-order valence-electron chi connectivity index (χ4n) is 2.33. The third-order valence-electron chi connectivity index (χ3n) is 3.42.